The Morgan fingerprint density at radius 2 is 2.15 bits per heavy atom. The Bertz CT molecular complexity index is 623. The van der Waals surface area contributed by atoms with Crippen molar-refractivity contribution in [2.75, 3.05) is 0 Å². The van der Waals surface area contributed by atoms with E-state index in [2.05, 4.69) is 20.5 Å². The molecule has 0 spiro atoms. The van der Waals surface area contributed by atoms with Crippen LogP contribution in [0.2, 0.25) is 0 Å². The fraction of sp³-hybridized carbons (Fsp3) is 0.286. The zero-order valence-corrected chi connectivity index (χ0v) is 12.7. The standard InChI is InChI=1S/C14H16BrN3O2/c1-10(16)8-12-5-3-7-17(12)9-11-4-2-6-13(14(11)15)18(19)20/h2-7,10H,8-9,16H2,1H3. The van der Waals surface area contributed by atoms with Gasteiger partial charge in [0.1, 0.15) is 4.47 Å². The number of nitro benzene ring substituents is 1. The number of nitrogens with two attached hydrogens (primary N) is 1. The maximum absolute atomic E-state index is 10.9. The third-order valence-corrected chi connectivity index (χ3v) is 3.97. The second-order valence-electron chi connectivity index (χ2n) is 4.82. The highest BCUT2D eigenvalue weighted by atomic mass is 79.9. The average Bonchev–Trinajstić information content (AvgIpc) is 2.78. The second-order valence-corrected chi connectivity index (χ2v) is 5.61. The van der Waals surface area contributed by atoms with E-state index in [9.17, 15) is 10.1 Å². The van der Waals surface area contributed by atoms with Crippen LogP contribution in [-0.2, 0) is 13.0 Å². The molecule has 6 heteroatoms. The van der Waals surface area contributed by atoms with Gasteiger partial charge in [-0.2, -0.15) is 0 Å². The molecular weight excluding hydrogens is 322 g/mol. The van der Waals surface area contributed by atoms with Crippen LogP contribution in [0.3, 0.4) is 0 Å². The smallest absolute Gasteiger partial charge is 0.283 e. The summed E-state index contributed by atoms with van der Waals surface area (Å²) in [7, 11) is 0. The van der Waals surface area contributed by atoms with Crippen molar-refractivity contribution >= 4 is 21.6 Å². The van der Waals surface area contributed by atoms with Crippen LogP contribution in [0.1, 0.15) is 18.2 Å². The fourth-order valence-corrected chi connectivity index (χ4v) is 2.67. The highest BCUT2D eigenvalue weighted by Crippen LogP contribution is 2.29. The normalized spacial score (nSPS) is 12.3. The van der Waals surface area contributed by atoms with Crippen molar-refractivity contribution < 1.29 is 4.92 Å². The van der Waals surface area contributed by atoms with Gasteiger partial charge in [-0.1, -0.05) is 12.1 Å². The molecule has 1 atom stereocenters. The van der Waals surface area contributed by atoms with Gasteiger partial charge in [0.2, 0.25) is 0 Å². The van der Waals surface area contributed by atoms with Crippen molar-refractivity contribution in [2.45, 2.75) is 25.9 Å². The van der Waals surface area contributed by atoms with Gasteiger partial charge in [0.25, 0.3) is 5.69 Å². The molecule has 0 aliphatic heterocycles. The molecule has 0 aliphatic rings. The predicted molar refractivity (Wildman–Crippen MR) is 81.7 cm³/mol. The zero-order valence-electron chi connectivity index (χ0n) is 11.1. The molecule has 0 saturated heterocycles. The maximum atomic E-state index is 10.9. The Morgan fingerprint density at radius 1 is 1.40 bits per heavy atom. The zero-order chi connectivity index (χ0) is 14.7. The molecule has 1 heterocycles. The van der Waals surface area contributed by atoms with E-state index in [-0.39, 0.29) is 16.7 Å². The Balaban J connectivity index is 2.29. The molecule has 2 rings (SSSR count). The van der Waals surface area contributed by atoms with Crippen molar-refractivity contribution in [1.29, 1.82) is 0 Å². The minimum atomic E-state index is -0.383. The molecule has 1 aromatic carbocycles. The minimum absolute atomic E-state index is 0.0807. The van der Waals surface area contributed by atoms with E-state index in [1.165, 1.54) is 6.07 Å². The first kappa shape index (κ1) is 14.7. The maximum Gasteiger partial charge on any atom is 0.283 e. The molecule has 0 saturated carbocycles. The third kappa shape index (κ3) is 3.26. The largest absolute Gasteiger partial charge is 0.347 e. The van der Waals surface area contributed by atoms with Gasteiger partial charge in [0, 0.05) is 37.0 Å². The quantitative estimate of drug-likeness (QED) is 0.672. The fourth-order valence-electron chi connectivity index (χ4n) is 2.13. The Labute approximate surface area is 125 Å². The molecule has 1 unspecified atom stereocenters. The molecule has 0 aliphatic carbocycles. The lowest BCUT2D eigenvalue weighted by Crippen LogP contribution is -2.20. The molecule has 0 fully saturated rings. The monoisotopic (exact) mass is 337 g/mol. The van der Waals surface area contributed by atoms with Crippen molar-refractivity contribution in [3.05, 3.63) is 62.4 Å². The van der Waals surface area contributed by atoms with E-state index in [0.717, 1.165) is 17.7 Å². The summed E-state index contributed by atoms with van der Waals surface area (Å²) in [5.41, 5.74) is 7.91. The molecule has 5 nitrogen and oxygen atoms in total. The number of hydrogen-bond donors (Lipinski definition) is 1. The van der Waals surface area contributed by atoms with Crippen LogP contribution < -0.4 is 5.73 Å². The molecule has 20 heavy (non-hydrogen) atoms. The van der Waals surface area contributed by atoms with Crippen molar-refractivity contribution in [2.24, 2.45) is 5.73 Å². The molecule has 0 amide bonds. The second kappa shape index (κ2) is 6.19. The van der Waals surface area contributed by atoms with Crippen molar-refractivity contribution in [1.82, 2.24) is 4.57 Å². The molecule has 106 valence electrons. The summed E-state index contributed by atoms with van der Waals surface area (Å²) in [5.74, 6) is 0. The van der Waals surface area contributed by atoms with E-state index >= 15 is 0 Å². The van der Waals surface area contributed by atoms with Crippen LogP contribution in [0.5, 0.6) is 0 Å². The van der Waals surface area contributed by atoms with E-state index in [0.29, 0.717) is 11.0 Å². The molecule has 1 aromatic heterocycles. The molecule has 0 bridgehead atoms. The summed E-state index contributed by atoms with van der Waals surface area (Å²) in [6.07, 6.45) is 2.74. The van der Waals surface area contributed by atoms with Gasteiger partial charge in [-0.15, -0.1) is 0 Å². The molecule has 2 N–H and O–H groups in total. The van der Waals surface area contributed by atoms with Gasteiger partial charge in [-0.25, -0.2) is 0 Å². The predicted octanol–water partition coefficient (Wildman–Crippen LogP) is 3.10. The number of aromatic nitrogens is 1. The topological polar surface area (TPSA) is 74.1 Å². The Hall–Kier alpha value is -1.66. The lowest BCUT2D eigenvalue weighted by atomic mass is 10.1. The van der Waals surface area contributed by atoms with Gasteiger partial charge >= 0.3 is 0 Å². The van der Waals surface area contributed by atoms with Gasteiger partial charge < -0.3 is 10.3 Å². The number of nitrogens with zero attached hydrogens (tertiary/aromatic N) is 2. The number of benzene rings is 1. The minimum Gasteiger partial charge on any atom is -0.347 e. The average molecular weight is 338 g/mol. The summed E-state index contributed by atoms with van der Waals surface area (Å²) in [6.45, 7) is 2.54. The van der Waals surface area contributed by atoms with Crippen LogP contribution in [0.4, 0.5) is 5.69 Å². The van der Waals surface area contributed by atoms with Crippen LogP contribution in [0, 0.1) is 10.1 Å². The summed E-state index contributed by atoms with van der Waals surface area (Å²) >= 11 is 3.32. The van der Waals surface area contributed by atoms with Crippen LogP contribution in [0.25, 0.3) is 0 Å². The van der Waals surface area contributed by atoms with Crippen LogP contribution >= 0.6 is 15.9 Å². The molecule has 2 aromatic rings. The number of hydrogen-bond acceptors (Lipinski definition) is 3. The van der Waals surface area contributed by atoms with Crippen molar-refractivity contribution in [3.8, 4) is 0 Å². The van der Waals surface area contributed by atoms with Gasteiger partial charge in [-0.3, -0.25) is 10.1 Å². The van der Waals surface area contributed by atoms with Crippen LogP contribution in [0.15, 0.2) is 41.0 Å². The van der Waals surface area contributed by atoms with Gasteiger partial charge in [-0.05, 0) is 40.5 Å². The van der Waals surface area contributed by atoms with Crippen LogP contribution in [-0.4, -0.2) is 15.5 Å². The summed E-state index contributed by atoms with van der Waals surface area (Å²) < 4.78 is 2.60. The Morgan fingerprint density at radius 3 is 2.80 bits per heavy atom. The first-order valence-electron chi connectivity index (χ1n) is 6.30. The summed E-state index contributed by atoms with van der Waals surface area (Å²) in [5, 5.41) is 10.9. The van der Waals surface area contributed by atoms with E-state index in [1.54, 1.807) is 6.07 Å². The number of halogens is 1. The van der Waals surface area contributed by atoms with Gasteiger partial charge in [0.15, 0.2) is 0 Å². The Kier molecular flexibility index (Phi) is 4.57. The highest BCUT2D eigenvalue weighted by molar-refractivity contribution is 9.10. The number of rotatable bonds is 5. The van der Waals surface area contributed by atoms with E-state index < -0.39 is 0 Å². The van der Waals surface area contributed by atoms with E-state index in [4.69, 9.17) is 5.73 Å². The SMILES string of the molecule is CC(N)Cc1cccn1Cc1cccc([N+](=O)[O-])c1Br. The molecule has 0 radical (unpaired) electrons. The highest BCUT2D eigenvalue weighted by Gasteiger charge is 2.15. The lowest BCUT2D eigenvalue weighted by Gasteiger charge is -2.12. The first-order chi connectivity index (χ1) is 9.49. The van der Waals surface area contributed by atoms with E-state index in [1.807, 2.05) is 31.3 Å². The summed E-state index contributed by atoms with van der Waals surface area (Å²) in [6, 6.07) is 9.14. The first-order valence-corrected chi connectivity index (χ1v) is 7.09. The number of nitro groups is 1. The van der Waals surface area contributed by atoms with Gasteiger partial charge in [0.05, 0.1) is 4.92 Å². The summed E-state index contributed by atoms with van der Waals surface area (Å²) in [4.78, 5) is 10.6. The molecular formula is C14H16BrN3O2. The van der Waals surface area contributed by atoms with Crippen molar-refractivity contribution in [3.63, 3.8) is 0 Å². The third-order valence-electron chi connectivity index (χ3n) is 3.05. The lowest BCUT2D eigenvalue weighted by molar-refractivity contribution is -0.385.